The molecule has 0 amide bonds. The molecule has 0 radical (unpaired) electrons. The van der Waals surface area contributed by atoms with Crippen LogP contribution in [-0.4, -0.2) is 10.1 Å². The summed E-state index contributed by atoms with van der Waals surface area (Å²) in [7, 11) is 0. The lowest BCUT2D eigenvalue weighted by Gasteiger charge is -2.11. The van der Waals surface area contributed by atoms with Gasteiger partial charge in [-0.3, -0.25) is 4.98 Å². The minimum atomic E-state index is -0.0447. The summed E-state index contributed by atoms with van der Waals surface area (Å²) in [4.78, 5) is 4.18. The molecule has 2 aromatic rings. The van der Waals surface area contributed by atoms with Gasteiger partial charge in [0.05, 0.1) is 16.8 Å². The molecule has 0 fully saturated rings. The van der Waals surface area contributed by atoms with Crippen LogP contribution in [0, 0.1) is 0 Å². The minimum absolute atomic E-state index is 0.0447. The third kappa shape index (κ3) is 3.05. The van der Waals surface area contributed by atoms with Crippen LogP contribution in [0.1, 0.15) is 11.3 Å². The third-order valence-electron chi connectivity index (χ3n) is 2.31. The lowest BCUT2D eigenvalue weighted by atomic mass is 10.2. The highest BCUT2D eigenvalue weighted by atomic mass is 79.9. The molecule has 0 bridgehead atoms. The SMILES string of the molecule is OCc1cccc(Br)c1OCc1ccccn1. The van der Waals surface area contributed by atoms with Crippen molar-refractivity contribution in [1.29, 1.82) is 0 Å². The first-order valence-corrected chi connectivity index (χ1v) is 6.01. The molecule has 1 heterocycles. The molecule has 0 saturated carbocycles. The average Bonchev–Trinajstić information content (AvgIpc) is 2.38. The van der Waals surface area contributed by atoms with E-state index in [1.807, 2.05) is 36.4 Å². The quantitative estimate of drug-likeness (QED) is 0.942. The molecule has 2 rings (SSSR count). The van der Waals surface area contributed by atoms with Crippen LogP contribution in [0.4, 0.5) is 0 Å². The van der Waals surface area contributed by atoms with Crippen LogP contribution in [0.5, 0.6) is 5.75 Å². The Bertz CT molecular complexity index is 488. The summed E-state index contributed by atoms with van der Waals surface area (Å²) in [6, 6.07) is 11.3. The zero-order valence-corrected chi connectivity index (χ0v) is 10.7. The fourth-order valence-corrected chi connectivity index (χ4v) is 1.99. The van der Waals surface area contributed by atoms with Crippen molar-refractivity contribution < 1.29 is 9.84 Å². The number of hydrogen-bond acceptors (Lipinski definition) is 3. The van der Waals surface area contributed by atoms with Crippen molar-refractivity contribution >= 4 is 15.9 Å². The number of aliphatic hydroxyl groups excluding tert-OH is 1. The molecule has 0 saturated heterocycles. The summed E-state index contributed by atoms with van der Waals surface area (Å²) in [5, 5.41) is 9.22. The van der Waals surface area contributed by atoms with Gasteiger partial charge in [-0.25, -0.2) is 0 Å². The van der Waals surface area contributed by atoms with E-state index in [0.717, 1.165) is 15.7 Å². The number of para-hydroxylation sites is 1. The Hall–Kier alpha value is -1.39. The molecule has 0 aliphatic heterocycles. The molecule has 0 aliphatic rings. The van der Waals surface area contributed by atoms with E-state index in [4.69, 9.17) is 4.74 Å². The van der Waals surface area contributed by atoms with Crippen molar-refractivity contribution in [1.82, 2.24) is 4.98 Å². The molecule has 1 aromatic heterocycles. The predicted octanol–water partition coefficient (Wildman–Crippen LogP) is 2.92. The molecular weight excluding hydrogens is 282 g/mol. The van der Waals surface area contributed by atoms with Gasteiger partial charge in [-0.05, 0) is 34.1 Å². The maximum Gasteiger partial charge on any atom is 0.139 e. The summed E-state index contributed by atoms with van der Waals surface area (Å²) >= 11 is 3.40. The average molecular weight is 294 g/mol. The minimum Gasteiger partial charge on any atom is -0.486 e. The Balaban J connectivity index is 2.14. The smallest absolute Gasteiger partial charge is 0.139 e. The van der Waals surface area contributed by atoms with Gasteiger partial charge in [-0.2, -0.15) is 0 Å². The largest absolute Gasteiger partial charge is 0.486 e. The van der Waals surface area contributed by atoms with Gasteiger partial charge < -0.3 is 9.84 Å². The molecule has 0 unspecified atom stereocenters. The number of ether oxygens (including phenoxy) is 1. The highest BCUT2D eigenvalue weighted by Gasteiger charge is 2.07. The van der Waals surface area contributed by atoms with Gasteiger partial charge in [-0.1, -0.05) is 18.2 Å². The first-order valence-electron chi connectivity index (χ1n) is 5.22. The van der Waals surface area contributed by atoms with Crippen LogP contribution < -0.4 is 4.74 Å². The molecule has 1 N–H and O–H groups in total. The third-order valence-corrected chi connectivity index (χ3v) is 2.93. The molecule has 1 aromatic carbocycles. The summed E-state index contributed by atoms with van der Waals surface area (Å²) in [5.74, 6) is 0.667. The normalized spacial score (nSPS) is 10.2. The van der Waals surface area contributed by atoms with Crippen LogP contribution >= 0.6 is 15.9 Å². The monoisotopic (exact) mass is 293 g/mol. The van der Waals surface area contributed by atoms with Crippen LogP contribution in [0.15, 0.2) is 47.1 Å². The number of nitrogens with zero attached hydrogens (tertiary/aromatic N) is 1. The predicted molar refractivity (Wildman–Crippen MR) is 68.6 cm³/mol. The van der Waals surface area contributed by atoms with Crippen molar-refractivity contribution in [3.05, 3.63) is 58.3 Å². The van der Waals surface area contributed by atoms with Crippen molar-refractivity contribution in [2.45, 2.75) is 13.2 Å². The van der Waals surface area contributed by atoms with E-state index in [1.165, 1.54) is 0 Å². The van der Waals surface area contributed by atoms with E-state index < -0.39 is 0 Å². The number of aromatic nitrogens is 1. The number of halogens is 1. The molecule has 0 atom stereocenters. The second-order valence-electron chi connectivity index (χ2n) is 3.50. The Kier molecular flexibility index (Phi) is 4.12. The standard InChI is InChI=1S/C13H12BrNO2/c14-12-6-3-4-10(8-16)13(12)17-9-11-5-1-2-7-15-11/h1-7,16H,8-9H2. The van der Waals surface area contributed by atoms with Crippen molar-refractivity contribution in [3.63, 3.8) is 0 Å². The van der Waals surface area contributed by atoms with Crippen LogP contribution in [0.3, 0.4) is 0 Å². The van der Waals surface area contributed by atoms with Crippen LogP contribution in [-0.2, 0) is 13.2 Å². The maximum atomic E-state index is 9.22. The van der Waals surface area contributed by atoms with Gasteiger partial charge in [0.2, 0.25) is 0 Å². The number of benzene rings is 1. The molecule has 3 nitrogen and oxygen atoms in total. The van der Waals surface area contributed by atoms with Gasteiger partial charge in [0.1, 0.15) is 12.4 Å². The fraction of sp³-hybridized carbons (Fsp3) is 0.154. The Morgan fingerprint density at radius 2 is 2.06 bits per heavy atom. The second kappa shape index (κ2) is 5.80. The summed E-state index contributed by atoms with van der Waals surface area (Å²) in [6.07, 6.45) is 1.73. The number of hydrogen-bond donors (Lipinski definition) is 1. The summed E-state index contributed by atoms with van der Waals surface area (Å²) in [5.41, 5.74) is 1.61. The highest BCUT2D eigenvalue weighted by Crippen LogP contribution is 2.29. The van der Waals surface area contributed by atoms with Gasteiger partial charge in [0.15, 0.2) is 0 Å². The van der Waals surface area contributed by atoms with Crippen molar-refractivity contribution in [3.8, 4) is 5.75 Å². The van der Waals surface area contributed by atoms with Crippen molar-refractivity contribution in [2.24, 2.45) is 0 Å². The molecule has 0 spiro atoms. The van der Waals surface area contributed by atoms with E-state index in [2.05, 4.69) is 20.9 Å². The summed E-state index contributed by atoms with van der Waals surface area (Å²) < 4.78 is 6.51. The number of aliphatic hydroxyl groups is 1. The lowest BCUT2D eigenvalue weighted by molar-refractivity contribution is 0.256. The van der Waals surface area contributed by atoms with Gasteiger partial charge >= 0.3 is 0 Å². The highest BCUT2D eigenvalue weighted by molar-refractivity contribution is 9.10. The van der Waals surface area contributed by atoms with Gasteiger partial charge in [0.25, 0.3) is 0 Å². The Labute approximate surface area is 108 Å². The topological polar surface area (TPSA) is 42.4 Å². The second-order valence-corrected chi connectivity index (χ2v) is 4.35. The molecule has 4 heteroatoms. The van der Waals surface area contributed by atoms with E-state index in [1.54, 1.807) is 6.20 Å². The zero-order valence-electron chi connectivity index (χ0n) is 9.14. The first kappa shape index (κ1) is 12.1. The zero-order chi connectivity index (χ0) is 12.1. The Morgan fingerprint density at radius 3 is 2.76 bits per heavy atom. The van der Waals surface area contributed by atoms with E-state index in [9.17, 15) is 5.11 Å². The maximum absolute atomic E-state index is 9.22. The first-order chi connectivity index (χ1) is 8.31. The van der Waals surface area contributed by atoms with Gasteiger partial charge in [-0.15, -0.1) is 0 Å². The number of rotatable bonds is 4. The fourth-order valence-electron chi connectivity index (χ4n) is 1.47. The van der Waals surface area contributed by atoms with Gasteiger partial charge in [0, 0.05) is 11.8 Å². The lowest BCUT2D eigenvalue weighted by Crippen LogP contribution is -2.01. The van der Waals surface area contributed by atoms with E-state index in [0.29, 0.717) is 12.4 Å². The van der Waals surface area contributed by atoms with E-state index >= 15 is 0 Å². The Morgan fingerprint density at radius 1 is 1.18 bits per heavy atom. The van der Waals surface area contributed by atoms with Crippen molar-refractivity contribution in [2.75, 3.05) is 0 Å². The van der Waals surface area contributed by atoms with Crippen LogP contribution in [0.25, 0.3) is 0 Å². The van der Waals surface area contributed by atoms with Crippen LogP contribution in [0.2, 0.25) is 0 Å². The molecule has 17 heavy (non-hydrogen) atoms. The summed E-state index contributed by atoms with van der Waals surface area (Å²) in [6.45, 7) is 0.341. The number of pyridine rings is 1. The molecule has 0 aliphatic carbocycles. The van der Waals surface area contributed by atoms with E-state index in [-0.39, 0.29) is 6.61 Å². The molecular formula is C13H12BrNO2. The molecule has 88 valence electrons.